The fourth-order valence-electron chi connectivity index (χ4n) is 3.64. The van der Waals surface area contributed by atoms with E-state index in [9.17, 15) is 4.79 Å². The minimum absolute atomic E-state index is 0.194. The van der Waals surface area contributed by atoms with Gasteiger partial charge >= 0.3 is 0 Å². The fraction of sp³-hybridized carbons (Fsp3) is 0.875. The van der Waals surface area contributed by atoms with Gasteiger partial charge < -0.3 is 20.9 Å². The number of nitrogens with zero attached hydrogens (tertiary/aromatic N) is 3. The summed E-state index contributed by atoms with van der Waals surface area (Å²) in [7, 11) is 1.84. The molecule has 0 aliphatic carbocycles. The first kappa shape index (κ1) is 17.1. The molecule has 2 rings (SSSR count). The van der Waals surface area contributed by atoms with Crippen LogP contribution in [-0.4, -0.2) is 68.0 Å². The zero-order chi connectivity index (χ0) is 15.9. The molecule has 2 aliphatic heterocycles. The van der Waals surface area contributed by atoms with Crippen LogP contribution in [0.2, 0.25) is 0 Å². The van der Waals surface area contributed by atoms with Crippen molar-refractivity contribution in [2.24, 2.45) is 22.6 Å². The van der Waals surface area contributed by atoms with Crippen molar-refractivity contribution < 1.29 is 4.79 Å². The Morgan fingerprint density at radius 2 is 2.09 bits per heavy atom. The van der Waals surface area contributed by atoms with Crippen molar-refractivity contribution in [3.05, 3.63) is 0 Å². The Balaban J connectivity index is 1.79. The molecule has 2 unspecified atom stereocenters. The van der Waals surface area contributed by atoms with E-state index in [1.807, 2.05) is 7.05 Å². The van der Waals surface area contributed by atoms with E-state index in [1.165, 1.54) is 19.5 Å². The first-order valence-electron chi connectivity index (χ1n) is 8.58. The maximum Gasteiger partial charge on any atom is 0.217 e. The van der Waals surface area contributed by atoms with Gasteiger partial charge in [0.2, 0.25) is 5.91 Å². The van der Waals surface area contributed by atoms with Crippen molar-refractivity contribution >= 4 is 11.9 Å². The average molecular weight is 309 g/mol. The van der Waals surface area contributed by atoms with Crippen LogP contribution in [0.5, 0.6) is 0 Å². The number of carbonyl (C=O) groups excluding carboxylic acids is 1. The quantitative estimate of drug-likeness (QED) is 0.573. The molecular weight excluding hydrogens is 278 g/mol. The summed E-state index contributed by atoms with van der Waals surface area (Å²) in [5.41, 5.74) is 5.34. The van der Waals surface area contributed by atoms with Crippen LogP contribution < -0.4 is 11.1 Å². The van der Waals surface area contributed by atoms with E-state index in [4.69, 9.17) is 5.73 Å². The van der Waals surface area contributed by atoms with Crippen LogP contribution in [-0.2, 0) is 4.79 Å². The second-order valence-corrected chi connectivity index (χ2v) is 6.60. The van der Waals surface area contributed by atoms with Gasteiger partial charge in [-0.25, -0.2) is 0 Å². The van der Waals surface area contributed by atoms with E-state index in [-0.39, 0.29) is 5.91 Å². The van der Waals surface area contributed by atoms with Crippen LogP contribution in [0.3, 0.4) is 0 Å². The van der Waals surface area contributed by atoms with E-state index in [0.717, 1.165) is 45.0 Å². The number of guanidine groups is 1. The Labute approximate surface area is 134 Å². The number of piperidine rings is 1. The summed E-state index contributed by atoms with van der Waals surface area (Å²) in [5, 5.41) is 3.53. The molecule has 0 aromatic heterocycles. The van der Waals surface area contributed by atoms with Crippen molar-refractivity contribution in [2.75, 3.05) is 46.3 Å². The third-order valence-corrected chi connectivity index (χ3v) is 4.89. The molecule has 2 saturated heterocycles. The Bertz CT molecular complexity index is 398. The molecule has 0 aromatic rings. The van der Waals surface area contributed by atoms with E-state index < -0.39 is 0 Å². The molecule has 0 bridgehead atoms. The number of nitrogens with two attached hydrogens (primary N) is 1. The van der Waals surface area contributed by atoms with Gasteiger partial charge in [-0.3, -0.25) is 9.79 Å². The molecule has 126 valence electrons. The molecule has 2 aliphatic rings. The van der Waals surface area contributed by atoms with Crippen LogP contribution in [0.15, 0.2) is 4.99 Å². The predicted molar refractivity (Wildman–Crippen MR) is 89.7 cm³/mol. The van der Waals surface area contributed by atoms with Gasteiger partial charge in [0.05, 0.1) is 0 Å². The van der Waals surface area contributed by atoms with Gasteiger partial charge in [0, 0.05) is 39.6 Å². The maximum absolute atomic E-state index is 11.1. The van der Waals surface area contributed by atoms with Crippen LogP contribution in [0.1, 0.15) is 32.6 Å². The summed E-state index contributed by atoms with van der Waals surface area (Å²) >= 11 is 0. The first-order chi connectivity index (χ1) is 10.6. The highest BCUT2D eigenvalue weighted by molar-refractivity contribution is 5.80. The largest absolute Gasteiger partial charge is 0.370 e. The van der Waals surface area contributed by atoms with Gasteiger partial charge in [-0.15, -0.1) is 0 Å². The van der Waals surface area contributed by atoms with Crippen LogP contribution in [0, 0.1) is 11.8 Å². The number of primary amides is 1. The Kier molecular flexibility index (Phi) is 6.49. The van der Waals surface area contributed by atoms with Gasteiger partial charge in [-0.1, -0.05) is 6.92 Å². The number of nitrogens with one attached hydrogen (secondary N) is 1. The minimum Gasteiger partial charge on any atom is -0.370 e. The molecule has 6 heteroatoms. The maximum atomic E-state index is 11.1. The fourth-order valence-corrected chi connectivity index (χ4v) is 3.64. The Morgan fingerprint density at radius 1 is 1.27 bits per heavy atom. The van der Waals surface area contributed by atoms with Crippen molar-refractivity contribution in [3.8, 4) is 0 Å². The molecule has 0 aromatic carbocycles. The lowest BCUT2D eigenvalue weighted by Crippen LogP contribution is -2.48. The Hall–Kier alpha value is -1.30. The smallest absolute Gasteiger partial charge is 0.217 e. The lowest BCUT2D eigenvalue weighted by Gasteiger charge is -2.35. The van der Waals surface area contributed by atoms with Crippen molar-refractivity contribution in [2.45, 2.75) is 32.6 Å². The summed E-state index contributed by atoms with van der Waals surface area (Å²) in [5.74, 6) is 1.86. The number of hydrogen-bond acceptors (Lipinski definition) is 3. The van der Waals surface area contributed by atoms with Crippen molar-refractivity contribution in [3.63, 3.8) is 0 Å². The third-order valence-electron chi connectivity index (χ3n) is 4.89. The lowest BCUT2D eigenvalue weighted by atomic mass is 9.95. The predicted octanol–water partition coefficient (Wildman–Crippen LogP) is 0.491. The lowest BCUT2D eigenvalue weighted by molar-refractivity contribution is -0.119. The highest BCUT2D eigenvalue weighted by Crippen LogP contribution is 2.20. The van der Waals surface area contributed by atoms with Crippen molar-refractivity contribution in [1.29, 1.82) is 0 Å². The molecule has 1 amide bonds. The molecular formula is C16H31N5O. The molecule has 0 radical (unpaired) electrons. The minimum atomic E-state index is -0.194. The first-order valence-corrected chi connectivity index (χ1v) is 8.58. The summed E-state index contributed by atoms with van der Waals surface area (Å²) in [4.78, 5) is 20.3. The molecule has 2 atom stereocenters. The summed E-state index contributed by atoms with van der Waals surface area (Å²) in [6, 6.07) is 0. The number of hydrogen-bond donors (Lipinski definition) is 2. The highest BCUT2D eigenvalue weighted by Gasteiger charge is 2.25. The molecule has 3 N–H and O–H groups in total. The molecule has 2 fully saturated rings. The van der Waals surface area contributed by atoms with Gasteiger partial charge in [0.1, 0.15) is 0 Å². The number of amides is 1. The zero-order valence-corrected chi connectivity index (χ0v) is 14.1. The Morgan fingerprint density at radius 3 is 2.73 bits per heavy atom. The summed E-state index contributed by atoms with van der Waals surface area (Å²) in [6.45, 7) is 8.65. The van der Waals surface area contributed by atoms with E-state index in [0.29, 0.717) is 18.3 Å². The monoisotopic (exact) mass is 309 g/mol. The van der Waals surface area contributed by atoms with E-state index in [1.54, 1.807) is 0 Å². The van der Waals surface area contributed by atoms with Gasteiger partial charge in [0.25, 0.3) is 0 Å². The molecule has 22 heavy (non-hydrogen) atoms. The van der Waals surface area contributed by atoms with E-state index >= 15 is 0 Å². The average Bonchev–Trinajstić information content (AvgIpc) is 2.96. The molecule has 0 saturated carbocycles. The van der Waals surface area contributed by atoms with Gasteiger partial charge in [-0.05, 0) is 44.2 Å². The second kappa shape index (κ2) is 8.36. The number of rotatable bonds is 5. The van der Waals surface area contributed by atoms with Crippen molar-refractivity contribution in [1.82, 2.24) is 15.1 Å². The number of likely N-dealkylation sites (tertiary alicyclic amines) is 2. The normalized spacial score (nSPS) is 27.2. The van der Waals surface area contributed by atoms with Crippen LogP contribution in [0.4, 0.5) is 0 Å². The number of aliphatic imine (C=N–C) groups is 1. The van der Waals surface area contributed by atoms with Crippen LogP contribution >= 0.6 is 0 Å². The summed E-state index contributed by atoms with van der Waals surface area (Å²) in [6.07, 6.45) is 3.94. The highest BCUT2D eigenvalue weighted by atomic mass is 16.1. The second-order valence-electron chi connectivity index (χ2n) is 6.60. The van der Waals surface area contributed by atoms with E-state index in [2.05, 4.69) is 27.0 Å². The topological polar surface area (TPSA) is 74.0 Å². The summed E-state index contributed by atoms with van der Waals surface area (Å²) < 4.78 is 0. The third kappa shape index (κ3) is 4.87. The molecule has 2 heterocycles. The standard InChI is InChI=1S/C16H31N5O/c1-3-20-8-6-14(11-20)10-19-16(18-2)21-7-4-5-13(12-21)9-15(17)22/h13-14H,3-12H2,1-2H3,(H2,17,22)(H,18,19). The molecule has 6 nitrogen and oxygen atoms in total. The SMILES string of the molecule is CCN1CCC(CNC(=NC)N2CCCC(CC(N)=O)C2)C1. The number of carbonyl (C=O) groups is 1. The zero-order valence-electron chi connectivity index (χ0n) is 14.1. The van der Waals surface area contributed by atoms with Crippen LogP contribution in [0.25, 0.3) is 0 Å². The van der Waals surface area contributed by atoms with Gasteiger partial charge in [0.15, 0.2) is 5.96 Å². The molecule has 0 spiro atoms. The van der Waals surface area contributed by atoms with Gasteiger partial charge in [-0.2, -0.15) is 0 Å².